The lowest BCUT2D eigenvalue weighted by molar-refractivity contribution is 0.0701. The topological polar surface area (TPSA) is 26.3 Å². The second-order valence-electron chi connectivity index (χ2n) is 2.37. The van der Waals surface area contributed by atoms with E-state index in [2.05, 4.69) is 0 Å². The van der Waals surface area contributed by atoms with Gasteiger partial charge in [0.2, 0.25) is 0 Å². The van der Waals surface area contributed by atoms with E-state index in [1.165, 1.54) is 0 Å². The Morgan fingerprint density at radius 2 is 2.22 bits per heavy atom. The maximum atomic E-state index is 11.0. The Morgan fingerprint density at radius 1 is 1.56 bits per heavy atom. The molecule has 1 saturated heterocycles. The molecule has 0 aliphatic carbocycles. The SMILES string of the molecule is C[C@@H]1OCCS(=O)[C@H]1C. The van der Waals surface area contributed by atoms with Gasteiger partial charge in [-0.15, -0.1) is 0 Å². The van der Waals surface area contributed by atoms with Crippen LogP contribution in [-0.4, -0.2) is 27.9 Å². The van der Waals surface area contributed by atoms with Crippen LogP contribution in [0, 0.1) is 0 Å². The minimum Gasteiger partial charge on any atom is -0.376 e. The van der Waals surface area contributed by atoms with Crippen molar-refractivity contribution < 1.29 is 8.95 Å². The Labute approximate surface area is 58.0 Å². The lowest BCUT2D eigenvalue weighted by Gasteiger charge is -2.24. The molecule has 1 aliphatic rings. The largest absolute Gasteiger partial charge is 0.376 e. The highest BCUT2D eigenvalue weighted by atomic mass is 32.2. The summed E-state index contributed by atoms with van der Waals surface area (Å²) < 4.78 is 16.3. The minimum absolute atomic E-state index is 0.180. The quantitative estimate of drug-likeness (QED) is 0.501. The maximum Gasteiger partial charge on any atom is 0.0688 e. The second-order valence-corrected chi connectivity index (χ2v) is 4.28. The molecule has 0 saturated carbocycles. The summed E-state index contributed by atoms with van der Waals surface area (Å²) in [5, 5.41) is 0.221. The first-order valence-corrected chi connectivity index (χ1v) is 4.59. The van der Waals surface area contributed by atoms with Gasteiger partial charge in [-0.2, -0.15) is 0 Å². The molecule has 3 heteroatoms. The van der Waals surface area contributed by atoms with Crippen molar-refractivity contribution in [3.63, 3.8) is 0 Å². The van der Waals surface area contributed by atoms with Crippen molar-refractivity contribution in [2.75, 3.05) is 12.4 Å². The van der Waals surface area contributed by atoms with E-state index in [0.29, 0.717) is 12.4 Å². The van der Waals surface area contributed by atoms with Gasteiger partial charge in [0.15, 0.2) is 0 Å². The van der Waals surface area contributed by atoms with Crippen LogP contribution < -0.4 is 0 Å². The van der Waals surface area contributed by atoms with E-state index in [4.69, 9.17) is 4.74 Å². The summed E-state index contributed by atoms with van der Waals surface area (Å²) in [6, 6.07) is 0. The predicted octanol–water partition coefficient (Wildman–Crippen LogP) is 0.542. The van der Waals surface area contributed by atoms with Gasteiger partial charge in [-0.05, 0) is 13.8 Å². The van der Waals surface area contributed by atoms with Crippen LogP contribution in [-0.2, 0) is 15.5 Å². The van der Waals surface area contributed by atoms with Gasteiger partial charge >= 0.3 is 0 Å². The molecular formula is C6H12O2S. The molecule has 54 valence electrons. The molecule has 0 aromatic carbocycles. The average Bonchev–Trinajstić information content (AvgIpc) is 1.83. The maximum absolute atomic E-state index is 11.0. The smallest absolute Gasteiger partial charge is 0.0688 e. The molecule has 0 spiro atoms. The van der Waals surface area contributed by atoms with E-state index in [1.54, 1.807) is 0 Å². The van der Waals surface area contributed by atoms with Gasteiger partial charge in [-0.1, -0.05) is 0 Å². The van der Waals surface area contributed by atoms with Gasteiger partial charge in [0.25, 0.3) is 0 Å². The van der Waals surface area contributed by atoms with E-state index in [9.17, 15) is 4.21 Å². The fourth-order valence-corrected chi connectivity index (χ4v) is 1.99. The standard InChI is InChI=1S/C6H12O2S/c1-5-6(2)9(7)4-3-8-5/h5-6H,3-4H2,1-2H3/t5-,6-,9?/m0/s1. The lowest BCUT2D eigenvalue weighted by atomic mass is 10.3. The average molecular weight is 148 g/mol. The third-order valence-electron chi connectivity index (χ3n) is 1.74. The molecule has 1 rings (SSSR count). The first-order chi connectivity index (χ1) is 4.22. The Balaban J connectivity index is 2.51. The van der Waals surface area contributed by atoms with E-state index in [1.807, 2.05) is 13.8 Å². The van der Waals surface area contributed by atoms with Crippen LogP contribution in [0.1, 0.15) is 13.8 Å². The highest BCUT2D eigenvalue weighted by molar-refractivity contribution is 7.85. The van der Waals surface area contributed by atoms with Crippen LogP contribution in [0.4, 0.5) is 0 Å². The predicted molar refractivity (Wildman–Crippen MR) is 37.9 cm³/mol. The molecule has 0 aromatic heterocycles. The third-order valence-corrected chi connectivity index (χ3v) is 3.52. The molecule has 0 amide bonds. The molecule has 9 heavy (non-hydrogen) atoms. The first-order valence-electron chi connectivity index (χ1n) is 3.20. The molecule has 2 nitrogen and oxygen atoms in total. The molecule has 0 aromatic rings. The summed E-state index contributed by atoms with van der Waals surface area (Å²) in [7, 11) is -0.640. The molecule has 0 bridgehead atoms. The zero-order valence-electron chi connectivity index (χ0n) is 5.79. The van der Waals surface area contributed by atoms with E-state index < -0.39 is 10.8 Å². The van der Waals surface area contributed by atoms with E-state index in [-0.39, 0.29) is 11.4 Å². The van der Waals surface area contributed by atoms with Crippen LogP contribution in [0.5, 0.6) is 0 Å². The molecular weight excluding hydrogens is 136 g/mol. The molecule has 3 atom stereocenters. The van der Waals surface area contributed by atoms with Crippen LogP contribution in [0.3, 0.4) is 0 Å². The normalized spacial score (nSPS) is 44.9. The van der Waals surface area contributed by atoms with Gasteiger partial charge < -0.3 is 4.74 Å². The minimum atomic E-state index is -0.640. The Morgan fingerprint density at radius 3 is 2.67 bits per heavy atom. The van der Waals surface area contributed by atoms with Crippen molar-refractivity contribution >= 4 is 10.8 Å². The summed E-state index contributed by atoms with van der Waals surface area (Å²) in [4.78, 5) is 0. The Bertz CT molecular complexity index is 124. The van der Waals surface area contributed by atoms with Crippen molar-refractivity contribution in [1.29, 1.82) is 0 Å². The summed E-state index contributed by atoms with van der Waals surface area (Å²) >= 11 is 0. The molecule has 1 aliphatic heterocycles. The van der Waals surface area contributed by atoms with Crippen molar-refractivity contribution in [3.05, 3.63) is 0 Å². The van der Waals surface area contributed by atoms with Crippen LogP contribution in [0.2, 0.25) is 0 Å². The van der Waals surface area contributed by atoms with Gasteiger partial charge in [-0.25, -0.2) is 0 Å². The fourth-order valence-electron chi connectivity index (χ4n) is 0.851. The second kappa shape index (κ2) is 2.80. The number of hydrogen-bond acceptors (Lipinski definition) is 2. The number of hydrogen-bond donors (Lipinski definition) is 0. The van der Waals surface area contributed by atoms with Crippen molar-refractivity contribution in [2.24, 2.45) is 0 Å². The number of rotatable bonds is 0. The van der Waals surface area contributed by atoms with Gasteiger partial charge in [-0.3, -0.25) is 4.21 Å². The van der Waals surface area contributed by atoms with Crippen molar-refractivity contribution in [2.45, 2.75) is 25.2 Å². The first kappa shape index (κ1) is 7.22. The zero-order chi connectivity index (χ0) is 6.85. The third kappa shape index (κ3) is 1.52. The van der Waals surface area contributed by atoms with Gasteiger partial charge in [0.05, 0.1) is 18.0 Å². The van der Waals surface area contributed by atoms with Crippen LogP contribution >= 0.6 is 0 Å². The van der Waals surface area contributed by atoms with Crippen molar-refractivity contribution in [1.82, 2.24) is 0 Å². The highest BCUT2D eigenvalue weighted by Crippen LogP contribution is 2.11. The van der Waals surface area contributed by atoms with Crippen LogP contribution in [0.25, 0.3) is 0 Å². The molecule has 1 fully saturated rings. The lowest BCUT2D eigenvalue weighted by Crippen LogP contribution is -2.36. The summed E-state index contributed by atoms with van der Waals surface area (Å²) in [6.45, 7) is 4.61. The summed E-state index contributed by atoms with van der Waals surface area (Å²) in [6.07, 6.45) is 0.180. The Hall–Kier alpha value is 0.110. The Kier molecular flexibility index (Phi) is 2.24. The van der Waals surface area contributed by atoms with Gasteiger partial charge in [0, 0.05) is 16.6 Å². The number of ether oxygens (including phenoxy) is 1. The van der Waals surface area contributed by atoms with E-state index >= 15 is 0 Å². The highest BCUT2D eigenvalue weighted by Gasteiger charge is 2.23. The zero-order valence-corrected chi connectivity index (χ0v) is 6.61. The molecule has 0 radical (unpaired) electrons. The summed E-state index contributed by atoms with van der Waals surface area (Å²) in [5.41, 5.74) is 0. The fraction of sp³-hybridized carbons (Fsp3) is 1.00. The van der Waals surface area contributed by atoms with Crippen LogP contribution in [0.15, 0.2) is 0 Å². The monoisotopic (exact) mass is 148 g/mol. The van der Waals surface area contributed by atoms with Crippen molar-refractivity contribution in [3.8, 4) is 0 Å². The van der Waals surface area contributed by atoms with E-state index in [0.717, 1.165) is 0 Å². The van der Waals surface area contributed by atoms with Gasteiger partial charge in [0.1, 0.15) is 0 Å². The summed E-state index contributed by atoms with van der Waals surface area (Å²) in [5.74, 6) is 0.714. The molecule has 1 heterocycles. The molecule has 0 N–H and O–H groups in total. The molecule has 1 unspecified atom stereocenters.